The van der Waals surface area contributed by atoms with Crippen LogP contribution >= 0.6 is 73.9 Å². The number of rotatable bonds is 11. The van der Waals surface area contributed by atoms with Crippen molar-refractivity contribution in [3.63, 3.8) is 0 Å². The van der Waals surface area contributed by atoms with Crippen molar-refractivity contribution in [2.75, 3.05) is 11.1 Å². The van der Waals surface area contributed by atoms with E-state index in [0.29, 0.717) is 6.42 Å². The van der Waals surface area contributed by atoms with Gasteiger partial charge in [-0.3, -0.25) is 34.7 Å². The average Bonchev–Trinajstić information content (AvgIpc) is 0.719. The molecule has 32 heteroatoms. The van der Waals surface area contributed by atoms with Gasteiger partial charge >= 0.3 is 109 Å². The van der Waals surface area contributed by atoms with Gasteiger partial charge in [-0.15, -0.1) is 35.3 Å². The molecule has 9 heterocycles. The molecule has 12 N–H and O–H groups in total. The molecule has 11 aromatic rings. The summed E-state index contributed by atoms with van der Waals surface area (Å²) in [7, 11) is 21.3. The maximum absolute atomic E-state index is 10.6. The summed E-state index contributed by atoms with van der Waals surface area (Å²) >= 11 is 13.5. The Labute approximate surface area is 662 Å². The molecule has 0 atom stereocenters. The van der Waals surface area contributed by atoms with Crippen LogP contribution in [-0.4, -0.2) is 61.7 Å². The summed E-state index contributed by atoms with van der Waals surface area (Å²) in [6, 6.07) is 38.3. The minimum absolute atomic E-state index is 0. The van der Waals surface area contributed by atoms with Gasteiger partial charge in [0, 0.05) is 98.1 Å². The van der Waals surface area contributed by atoms with Crippen molar-refractivity contribution >= 4 is 145 Å². The second-order valence-electron chi connectivity index (χ2n) is 17.6. The number of aryl methyl sites for hydroxylation is 2. The van der Waals surface area contributed by atoms with E-state index in [9.17, 15) is 4.79 Å². The topological polar surface area (TPSA) is 433 Å². The van der Waals surface area contributed by atoms with Crippen LogP contribution in [0, 0.1) is 54.2 Å². The number of thiol groups is 1. The van der Waals surface area contributed by atoms with Gasteiger partial charge in [0.2, 0.25) is 5.52 Å². The van der Waals surface area contributed by atoms with E-state index < -0.39 is 0 Å². The zero-order chi connectivity index (χ0) is 67.2. The molecule has 0 bridgehead atoms. The van der Waals surface area contributed by atoms with Crippen molar-refractivity contribution in [1.29, 1.82) is 21.3 Å². The predicted octanol–water partition coefficient (Wildman–Crippen LogP) is 24.6. The zero-order valence-electron chi connectivity index (χ0n) is 55.0. The number of halogens is 6. The van der Waals surface area contributed by atoms with Crippen molar-refractivity contribution in [1.82, 2.24) is 44.9 Å². The first kappa shape index (κ1) is 115. The van der Waals surface area contributed by atoms with Crippen LogP contribution in [0.1, 0.15) is 100 Å². The van der Waals surface area contributed by atoms with Gasteiger partial charge in [-0.1, -0.05) is 85.3 Å². The van der Waals surface area contributed by atoms with Gasteiger partial charge in [-0.2, -0.15) is 17.2 Å². The molecule has 0 saturated carbocycles. The van der Waals surface area contributed by atoms with Gasteiger partial charge < -0.3 is 50.8 Å². The monoisotopic (exact) mass is 1850 g/mol. The summed E-state index contributed by atoms with van der Waals surface area (Å²) in [5, 5.41) is 30.5. The van der Waals surface area contributed by atoms with E-state index in [1.54, 1.807) is 56.5 Å². The minimum atomic E-state index is -0.106. The number of pyridine rings is 8. The summed E-state index contributed by atoms with van der Waals surface area (Å²) in [6.45, 7) is 15.5. The average molecular weight is 1860 g/mol. The Bertz CT molecular complexity index is 3760. The molecular weight excluding hydrogens is 1760 g/mol. The fourth-order valence-corrected chi connectivity index (χ4v) is 8.35. The number of Topliss-reactive ketones (excluding diaryl/α,β-unsaturated/α-hetero) is 1. The molecule has 0 radical (unpaired) electrons. The molecule has 548 valence electrons. The predicted molar refractivity (Wildman–Crippen MR) is 413 cm³/mol. The van der Waals surface area contributed by atoms with E-state index in [0.717, 1.165) is 88.4 Å². The van der Waals surface area contributed by atoms with Crippen LogP contribution in [-0.2, 0) is 89.1 Å². The molecule has 0 saturated heterocycles. The van der Waals surface area contributed by atoms with Crippen molar-refractivity contribution in [2.45, 2.75) is 99.8 Å². The Balaban J connectivity index is -0.0000000972. The van der Waals surface area contributed by atoms with E-state index in [1.165, 1.54) is 69.1 Å². The standard InChI is InChI=1S/C25H15N6.C10H8N2.C10H22S.C8H9NO.C6H7N.2C2H2N.C2H6.CH2Cl2.CH4.4ClH.N2.6H2N.2Pd.2Ru.2H2/c1-31-13-5-9-17-23-22(16-8-4-12-28-24(16)25(17)31)29-20-14-6-2-10-26-18(14)19-15(21(20)30-23)7-3-11-27-19;1-3-7-11-9(5-1)10-6-2-4-8-12-10;1-2-3-4-5-6-7-8-9-10-11;1-7(10)6-8-2-4-9-5-3-8;1-6-2-4-7-5-3-6;2*1-2-3;1-2;2-1-3;;;;;;1-2;;;;;;;;;;;;/h2-13H,1H3;1-8H;11H,2-10H2,1H3;2-5H,6H2,1H3;2-5H,1H3;2*1H2;1-2H3;1H2;1H4;4*1H;;6*1H2;;;;;2*1H/q+1;;;;;2*-1;;;;;;;;;6*-1;3*+2;+8;;/p-4/i;;;;;;;;;;;;;;;;;;;;;;;;;1+1;. The first-order chi connectivity index (χ1) is 43.9. The normalized spacial score (nSPS) is 8.49. The summed E-state index contributed by atoms with van der Waals surface area (Å²) in [5.74, 6) is 1.25. The first-order valence-corrected chi connectivity index (χ1v) is 37.4. The van der Waals surface area contributed by atoms with Crippen molar-refractivity contribution < 1.29 is 83.0 Å². The molecule has 0 spiro atoms. The van der Waals surface area contributed by atoms with Gasteiger partial charge in [0.1, 0.15) is 23.9 Å². The van der Waals surface area contributed by atoms with Crippen LogP contribution < -0.4 is 4.57 Å². The van der Waals surface area contributed by atoms with E-state index >= 15 is 0 Å². The number of ketones is 1. The first-order valence-electron chi connectivity index (χ1n) is 27.7. The van der Waals surface area contributed by atoms with E-state index in [1.807, 2.05) is 137 Å². The number of nitriles is 2. The Morgan fingerprint density at radius 3 is 1.20 bits per heavy atom. The van der Waals surface area contributed by atoms with Gasteiger partial charge in [0.15, 0.2) is 6.20 Å². The number of nitrogens with two attached hydrogens (primary N) is 6. The third-order valence-corrected chi connectivity index (χ3v) is 11.9. The minimum Gasteiger partial charge on any atom is -0.693 e. The number of hydrogen-bond donors (Lipinski definition) is 1. The molecule has 99 heavy (non-hydrogen) atoms. The van der Waals surface area contributed by atoms with Gasteiger partial charge in [0.05, 0.1) is 49.7 Å². The third-order valence-electron chi connectivity index (χ3n) is 11.6. The number of carbonyl (C=O) groups is 1. The molecule has 0 fully saturated rings. The number of unbranched alkanes of at least 4 members (excludes halogenated alkanes) is 7. The van der Waals surface area contributed by atoms with Crippen LogP contribution in [0.2, 0.25) is 0 Å². The Kier molecular flexibility index (Phi) is 88.9. The molecule has 9 aromatic heterocycles. The number of carbonyl (C=O) groups excluding carboxylic acids is 1. The van der Waals surface area contributed by atoms with Gasteiger partial charge in [0.25, 0.3) is 0 Å². The zero-order valence-corrected chi connectivity index (χ0v) is 67.1. The Hall–Kier alpha value is -5.49. The van der Waals surface area contributed by atoms with Crippen LogP contribution in [0.5, 0.6) is 0 Å². The molecular formula is C67H93Cl6N20OPd2Ru2S+3. The number of fused-ring (bicyclic) bond motifs is 12. The molecule has 0 amide bonds. The fourth-order valence-electron chi connectivity index (χ4n) is 8.13. The van der Waals surface area contributed by atoms with Crippen LogP contribution in [0.4, 0.5) is 0 Å². The maximum atomic E-state index is 10.6. The quantitative estimate of drug-likeness (QED) is 0.0145. The number of nitrogens with zero attached hydrogens (tertiary/aromatic N) is 14. The fraction of sp³-hybridized carbons (Fsp3) is 0.269. The van der Waals surface area contributed by atoms with Gasteiger partial charge in [-0.05, 0) is 128 Å². The van der Waals surface area contributed by atoms with Gasteiger partial charge in [-0.25, -0.2) is 25.5 Å². The molecule has 0 unspecified atom stereocenters. The van der Waals surface area contributed by atoms with Crippen LogP contribution in [0.3, 0.4) is 0 Å². The molecule has 0 aliphatic heterocycles. The van der Waals surface area contributed by atoms with Crippen LogP contribution in [0.15, 0.2) is 171 Å². The third kappa shape index (κ3) is 45.2. The Morgan fingerprint density at radius 2 is 0.869 bits per heavy atom. The summed E-state index contributed by atoms with van der Waals surface area (Å²) < 4.78 is 2.10. The smallest absolute Gasteiger partial charge is 0.693 e. The SMILES string of the molecule is C.CC.CC(=O)Cc1ccncc1.CCCCCCCCCCS.C[n+]1cccc2c3nc4c5cccnc5c5ncccc5c4nc3c3cccnc3c21.Cc1ccncc1.ClCCl.N#N.[2HH].[CH2-]C#N.[CH2-]C#N.[Cl][Pd][Cl].[Cl][Pd][Cl].[HH].[NH2-].[NH2-].[NH2-].[NH2-].[NH2-].[NH2-].[Ru+2].[Ru+8].c1ccc(-c2ccccn2)nc1. The largest absolute Gasteiger partial charge is 8.00 e. The van der Waals surface area contributed by atoms with Crippen molar-refractivity contribution in [3.8, 4) is 23.5 Å². The molecule has 21 nitrogen and oxygen atoms in total. The van der Waals surface area contributed by atoms with E-state index in [4.69, 9.17) is 97.6 Å². The maximum Gasteiger partial charge on any atom is 8.00 e. The van der Waals surface area contributed by atoms with Crippen molar-refractivity contribution in [2.24, 2.45) is 7.05 Å². The molecule has 2 aromatic carbocycles. The second kappa shape index (κ2) is 76.7. The Morgan fingerprint density at radius 1 is 0.545 bits per heavy atom. The van der Waals surface area contributed by atoms with E-state index in [2.05, 4.69) is 80.0 Å². The van der Waals surface area contributed by atoms with Crippen molar-refractivity contribution in [3.05, 3.63) is 233 Å². The molecule has 11 rings (SSSR count). The molecule has 0 aliphatic carbocycles. The molecule has 0 aliphatic rings. The summed E-state index contributed by atoms with van der Waals surface area (Å²) in [6.07, 6.45) is 29.7. The summed E-state index contributed by atoms with van der Waals surface area (Å²) in [4.78, 5) is 51.0. The summed E-state index contributed by atoms with van der Waals surface area (Å²) in [5.41, 5.74) is 11.2. The van der Waals surface area contributed by atoms with Crippen LogP contribution in [0.25, 0.3) is 114 Å². The second-order valence-corrected chi connectivity index (χ2v) is 23.6. The number of benzene rings is 2. The van der Waals surface area contributed by atoms with E-state index in [-0.39, 0.29) is 129 Å². The number of hydrogen-bond acceptors (Lipinski definition) is 15. The number of alkyl halides is 2. The number of aromatic nitrogens is 10.